The van der Waals surface area contributed by atoms with Gasteiger partial charge in [-0.3, -0.25) is 4.68 Å². The molecular weight excluding hydrogens is 362 g/mol. The van der Waals surface area contributed by atoms with Gasteiger partial charge in [-0.1, -0.05) is 81.4 Å². The zero-order valence-electron chi connectivity index (χ0n) is 17.6. The standard InChI is InChI=1S/C23H31N3OSi/c1-23(2,3)28(21-12-8-6-9-13-21,22-14-10-7-11-15-22)27-18-20-16-19(17-24-4)25-26(20)5/h6-16,24H,17-18H2,1-5H3. The molecule has 0 saturated carbocycles. The first-order chi connectivity index (χ1) is 13.4. The Labute approximate surface area is 169 Å². The maximum atomic E-state index is 6.98. The number of benzene rings is 2. The number of aryl methyl sites for hydroxylation is 1. The van der Waals surface area contributed by atoms with Gasteiger partial charge in [0.1, 0.15) is 0 Å². The van der Waals surface area contributed by atoms with Crippen molar-refractivity contribution in [2.75, 3.05) is 7.05 Å². The molecule has 0 aliphatic rings. The van der Waals surface area contributed by atoms with Crippen molar-refractivity contribution in [3.05, 3.63) is 78.1 Å². The van der Waals surface area contributed by atoms with Gasteiger partial charge in [0.05, 0.1) is 18.0 Å². The van der Waals surface area contributed by atoms with Crippen molar-refractivity contribution >= 4 is 18.7 Å². The van der Waals surface area contributed by atoms with Gasteiger partial charge in [-0.25, -0.2) is 0 Å². The summed E-state index contributed by atoms with van der Waals surface area (Å²) in [6.07, 6.45) is 0. The Morgan fingerprint density at radius 2 is 1.50 bits per heavy atom. The maximum absolute atomic E-state index is 6.98. The first-order valence-corrected chi connectivity index (χ1v) is 11.7. The van der Waals surface area contributed by atoms with E-state index < -0.39 is 8.32 Å². The van der Waals surface area contributed by atoms with Crippen molar-refractivity contribution in [1.82, 2.24) is 15.1 Å². The van der Waals surface area contributed by atoms with Gasteiger partial charge in [0.25, 0.3) is 8.32 Å². The van der Waals surface area contributed by atoms with Crippen LogP contribution in [0.25, 0.3) is 0 Å². The molecule has 1 heterocycles. The first kappa shape index (κ1) is 20.5. The molecule has 5 heteroatoms. The van der Waals surface area contributed by atoms with Crippen LogP contribution in [0.2, 0.25) is 5.04 Å². The molecule has 0 bridgehead atoms. The van der Waals surface area contributed by atoms with Crippen molar-refractivity contribution in [2.24, 2.45) is 7.05 Å². The molecule has 28 heavy (non-hydrogen) atoms. The fraction of sp³-hybridized carbons (Fsp3) is 0.348. The largest absolute Gasteiger partial charge is 0.402 e. The second-order valence-corrected chi connectivity index (χ2v) is 12.5. The zero-order chi connectivity index (χ0) is 20.2. The third-order valence-corrected chi connectivity index (χ3v) is 10.2. The lowest BCUT2D eigenvalue weighted by molar-refractivity contribution is 0.276. The van der Waals surface area contributed by atoms with Gasteiger partial charge in [0, 0.05) is 13.6 Å². The number of hydrogen-bond donors (Lipinski definition) is 1. The topological polar surface area (TPSA) is 39.1 Å². The number of hydrogen-bond acceptors (Lipinski definition) is 3. The highest BCUT2D eigenvalue weighted by Gasteiger charge is 2.50. The van der Waals surface area contributed by atoms with E-state index in [1.165, 1.54) is 10.4 Å². The Bertz CT molecular complexity index is 846. The highest BCUT2D eigenvalue weighted by Crippen LogP contribution is 2.37. The lowest BCUT2D eigenvalue weighted by Crippen LogP contribution is -2.66. The second-order valence-electron chi connectivity index (χ2n) is 8.23. The lowest BCUT2D eigenvalue weighted by Gasteiger charge is -2.43. The molecule has 0 aliphatic heterocycles. The van der Waals surface area contributed by atoms with E-state index in [-0.39, 0.29) is 5.04 Å². The summed E-state index contributed by atoms with van der Waals surface area (Å²) in [7, 11) is 1.41. The number of nitrogens with one attached hydrogen (secondary N) is 1. The van der Waals surface area contributed by atoms with Crippen LogP contribution in [0.1, 0.15) is 32.2 Å². The first-order valence-electron chi connectivity index (χ1n) is 9.80. The lowest BCUT2D eigenvalue weighted by atomic mass is 10.2. The third kappa shape index (κ3) is 3.97. The van der Waals surface area contributed by atoms with Gasteiger partial charge in [0.15, 0.2) is 0 Å². The molecule has 0 amide bonds. The molecule has 0 spiro atoms. The highest BCUT2D eigenvalue weighted by molar-refractivity contribution is 6.99. The molecule has 1 N–H and O–H groups in total. The third-order valence-electron chi connectivity index (χ3n) is 5.24. The van der Waals surface area contributed by atoms with Crippen LogP contribution in [0.5, 0.6) is 0 Å². The van der Waals surface area contributed by atoms with Gasteiger partial charge < -0.3 is 9.74 Å². The van der Waals surface area contributed by atoms with Crippen LogP contribution in [0.3, 0.4) is 0 Å². The minimum absolute atomic E-state index is 0.0257. The minimum Gasteiger partial charge on any atom is -0.402 e. The molecule has 2 aromatic carbocycles. The molecule has 3 aromatic rings. The highest BCUT2D eigenvalue weighted by atomic mass is 28.4. The molecule has 0 saturated heterocycles. The van der Waals surface area contributed by atoms with E-state index >= 15 is 0 Å². The van der Waals surface area contributed by atoms with E-state index in [0.717, 1.165) is 17.9 Å². The van der Waals surface area contributed by atoms with Crippen molar-refractivity contribution in [3.8, 4) is 0 Å². The van der Waals surface area contributed by atoms with Crippen LogP contribution >= 0.6 is 0 Å². The van der Waals surface area contributed by atoms with Crippen LogP contribution in [-0.4, -0.2) is 25.1 Å². The Morgan fingerprint density at radius 1 is 0.964 bits per heavy atom. The van der Waals surface area contributed by atoms with Gasteiger partial charge in [-0.2, -0.15) is 5.10 Å². The minimum atomic E-state index is -2.52. The predicted molar refractivity (Wildman–Crippen MR) is 118 cm³/mol. The second kappa shape index (κ2) is 8.43. The molecule has 0 atom stereocenters. The van der Waals surface area contributed by atoms with Crippen LogP contribution in [0.4, 0.5) is 0 Å². The predicted octanol–water partition coefficient (Wildman–Crippen LogP) is 3.22. The van der Waals surface area contributed by atoms with E-state index in [1.807, 2.05) is 18.8 Å². The molecule has 1 aromatic heterocycles. The summed E-state index contributed by atoms with van der Waals surface area (Å²) in [5.74, 6) is 0. The number of rotatable bonds is 7. The Balaban J connectivity index is 2.06. The molecule has 0 radical (unpaired) electrons. The summed E-state index contributed by atoms with van der Waals surface area (Å²) in [5.41, 5.74) is 2.13. The molecule has 4 nitrogen and oxygen atoms in total. The van der Waals surface area contributed by atoms with Crippen LogP contribution in [0, 0.1) is 0 Å². The van der Waals surface area contributed by atoms with Crippen molar-refractivity contribution < 1.29 is 4.43 Å². The van der Waals surface area contributed by atoms with Crippen molar-refractivity contribution in [3.63, 3.8) is 0 Å². The molecule has 3 rings (SSSR count). The van der Waals surface area contributed by atoms with Gasteiger partial charge >= 0.3 is 0 Å². The molecular formula is C23H31N3OSi. The normalized spacial score (nSPS) is 12.3. The average molecular weight is 394 g/mol. The van der Waals surface area contributed by atoms with Crippen molar-refractivity contribution in [2.45, 2.75) is 39.0 Å². The van der Waals surface area contributed by atoms with E-state index in [1.54, 1.807) is 0 Å². The summed E-state index contributed by atoms with van der Waals surface area (Å²) >= 11 is 0. The van der Waals surface area contributed by atoms with Crippen molar-refractivity contribution in [1.29, 1.82) is 0 Å². The summed E-state index contributed by atoms with van der Waals surface area (Å²) in [5, 5.41) is 10.3. The number of aromatic nitrogens is 2. The smallest absolute Gasteiger partial charge is 0.261 e. The average Bonchev–Trinajstić information content (AvgIpc) is 3.02. The summed E-state index contributed by atoms with van der Waals surface area (Å²) < 4.78 is 8.92. The monoisotopic (exact) mass is 393 g/mol. The quantitative estimate of drug-likeness (QED) is 0.627. The maximum Gasteiger partial charge on any atom is 0.261 e. The molecule has 0 fully saturated rings. The molecule has 148 valence electrons. The zero-order valence-corrected chi connectivity index (χ0v) is 18.6. The number of nitrogens with zero attached hydrogens (tertiary/aromatic N) is 2. The van der Waals surface area contributed by atoms with E-state index in [0.29, 0.717) is 6.61 Å². The van der Waals surface area contributed by atoms with Gasteiger partial charge in [0.2, 0.25) is 0 Å². The van der Waals surface area contributed by atoms with Crippen LogP contribution < -0.4 is 15.7 Å². The van der Waals surface area contributed by atoms with E-state index in [9.17, 15) is 0 Å². The van der Waals surface area contributed by atoms with E-state index in [4.69, 9.17) is 4.43 Å². The van der Waals surface area contributed by atoms with Gasteiger partial charge in [-0.05, 0) is 28.5 Å². The summed E-state index contributed by atoms with van der Waals surface area (Å²) in [4.78, 5) is 0. The fourth-order valence-corrected chi connectivity index (χ4v) is 8.44. The van der Waals surface area contributed by atoms with E-state index in [2.05, 4.69) is 97.9 Å². The Hall–Kier alpha value is -2.21. The summed E-state index contributed by atoms with van der Waals surface area (Å²) in [6, 6.07) is 23.6. The van der Waals surface area contributed by atoms with Crippen LogP contribution in [-0.2, 0) is 24.6 Å². The Morgan fingerprint density at radius 3 is 1.96 bits per heavy atom. The fourth-order valence-electron chi connectivity index (χ4n) is 3.92. The Kier molecular flexibility index (Phi) is 6.18. The van der Waals surface area contributed by atoms with Crippen LogP contribution in [0.15, 0.2) is 66.7 Å². The SMILES string of the molecule is CNCc1cc(CO[Si](c2ccccc2)(c2ccccc2)C(C)(C)C)n(C)n1. The van der Waals surface area contributed by atoms with Gasteiger partial charge in [-0.15, -0.1) is 0 Å². The molecule has 0 aliphatic carbocycles. The summed E-state index contributed by atoms with van der Waals surface area (Å²) in [6.45, 7) is 8.20. The molecule has 0 unspecified atom stereocenters.